The molecule has 1 heterocycles. The lowest BCUT2D eigenvalue weighted by molar-refractivity contribution is 0.0686. The van der Waals surface area contributed by atoms with Gasteiger partial charge in [-0.05, 0) is 57.0 Å². The second kappa shape index (κ2) is 8.52. The van der Waals surface area contributed by atoms with Gasteiger partial charge in [-0.1, -0.05) is 25.7 Å². The van der Waals surface area contributed by atoms with Crippen molar-refractivity contribution in [3.63, 3.8) is 0 Å². The Balaban J connectivity index is 1.30. The van der Waals surface area contributed by atoms with Crippen LogP contribution in [0.4, 0.5) is 4.79 Å². The second-order valence-electron chi connectivity index (χ2n) is 8.28. The maximum Gasteiger partial charge on any atom is 0.315 e. The van der Waals surface area contributed by atoms with Crippen LogP contribution in [0.3, 0.4) is 0 Å². The van der Waals surface area contributed by atoms with Crippen molar-refractivity contribution in [1.82, 2.24) is 15.5 Å². The number of carbonyl (C=O) groups excluding carboxylic acids is 1. The highest BCUT2D eigenvalue weighted by atomic mass is 16.3. The number of piperidine rings is 1. The molecule has 5 heteroatoms. The third kappa shape index (κ3) is 4.63. The van der Waals surface area contributed by atoms with Gasteiger partial charge >= 0.3 is 6.03 Å². The lowest BCUT2D eigenvalue weighted by Gasteiger charge is -2.44. The molecule has 3 aliphatic rings. The van der Waals surface area contributed by atoms with Gasteiger partial charge in [-0.15, -0.1) is 0 Å². The van der Waals surface area contributed by atoms with Crippen molar-refractivity contribution in [1.29, 1.82) is 0 Å². The van der Waals surface area contributed by atoms with Crippen LogP contribution in [0.1, 0.15) is 64.2 Å². The van der Waals surface area contributed by atoms with Gasteiger partial charge in [0.25, 0.3) is 0 Å². The number of nitrogens with zero attached hydrogens (tertiary/aromatic N) is 1. The zero-order valence-electron chi connectivity index (χ0n) is 15.1. The molecule has 1 saturated heterocycles. The molecule has 1 spiro atoms. The van der Waals surface area contributed by atoms with E-state index in [1.807, 2.05) is 0 Å². The minimum Gasteiger partial charge on any atom is -0.396 e. The van der Waals surface area contributed by atoms with E-state index in [0.717, 1.165) is 32.4 Å². The van der Waals surface area contributed by atoms with Crippen LogP contribution in [-0.2, 0) is 0 Å². The van der Waals surface area contributed by atoms with Crippen molar-refractivity contribution < 1.29 is 9.90 Å². The highest BCUT2D eigenvalue weighted by molar-refractivity contribution is 5.74. The first-order valence-electron chi connectivity index (χ1n) is 10.1. The molecule has 5 nitrogen and oxygen atoms in total. The summed E-state index contributed by atoms with van der Waals surface area (Å²) >= 11 is 0. The Morgan fingerprint density at radius 1 is 1.04 bits per heavy atom. The molecule has 3 fully saturated rings. The zero-order valence-corrected chi connectivity index (χ0v) is 15.1. The number of urea groups is 1. The molecule has 0 aromatic carbocycles. The lowest BCUT2D eigenvalue weighted by Crippen LogP contribution is -2.48. The Morgan fingerprint density at radius 3 is 2.50 bits per heavy atom. The van der Waals surface area contributed by atoms with E-state index in [4.69, 9.17) is 0 Å². The fraction of sp³-hybridized carbons (Fsp3) is 0.947. The van der Waals surface area contributed by atoms with Gasteiger partial charge in [0.15, 0.2) is 0 Å². The summed E-state index contributed by atoms with van der Waals surface area (Å²) in [6, 6.07) is 0.0808. The van der Waals surface area contributed by atoms with Crippen molar-refractivity contribution in [2.45, 2.75) is 70.3 Å². The molecule has 0 radical (unpaired) electrons. The highest BCUT2D eigenvalue weighted by Crippen LogP contribution is 2.44. The summed E-state index contributed by atoms with van der Waals surface area (Å²) in [7, 11) is 0. The standard InChI is InChI=1S/C19H35N3O2/c23-15-16-5-4-6-17(16)21-18(24)20-11-14-22-12-9-19(10-13-22)7-2-1-3-8-19/h16-17,23H,1-15H2,(H2,20,21,24)/t16-,17-/m0/s1. The van der Waals surface area contributed by atoms with Crippen LogP contribution in [0.15, 0.2) is 0 Å². The van der Waals surface area contributed by atoms with Crippen LogP contribution < -0.4 is 10.6 Å². The molecule has 24 heavy (non-hydrogen) atoms. The van der Waals surface area contributed by atoms with E-state index in [-0.39, 0.29) is 24.6 Å². The van der Waals surface area contributed by atoms with Crippen LogP contribution in [0.25, 0.3) is 0 Å². The summed E-state index contributed by atoms with van der Waals surface area (Å²) < 4.78 is 0. The van der Waals surface area contributed by atoms with E-state index in [9.17, 15) is 9.90 Å². The molecule has 3 rings (SSSR count). The Morgan fingerprint density at radius 2 is 1.79 bits per heavy atom. The van der Waals surface area contributed by atoms with Crippen molar-refractivity contribution in [3.05, 3.63) is 0 Å². The minimum atomic E-state index is -0.0684. The third-order valence-electron chi connectivity index (χ3n) is 6.75. The maximum absolute atomic E-state index is 12.0. The van der Waals surface area contributed by atoms with E-state index in [1.165, 1.54) is 58.0 Å². The van der Waals surface area contributed by atoms with Gasteiger partial charge in [-0.3, -0.25) is 0 Å². The molecule has 0 aromatic rings. The number of aliphatic hydroxyl groups excluding tert-OH is 1. The Kier molecular flexibility index (Phi) is 6.39. The first-order valence-corrected chi connectivity index (χ1v) is 10.1. The Labute approximate surface area is 146 Å². The molecule has 2 saturated carbocycles. The number of hydrogen-bond donors (Lipinski definition) is 3. The van der Waals surface area contributed by atoms with Crippen LogP contribution in [0, 0.1) is 11.3 Å². The number of aliphatic hydroxyl groups is 1. The van der Waals surface area contributed by atoms with E-state index >= 15 is 0 Å². The monoisotopic (exact) mass is 337 g/mol. The number of carbonyl (C=O) groups is 1. The molecular weight excluding hydrogens is 302 g/mol. The molecule has 1 aliphatic heterocycles. The largest absolute Gasteiger partial charge is 0.396 e. The van der Waals surface area contributed by atoms with Gasteiger partial charge in [0, 0.05) is 31.7 Å². The fourth-order valence-electron chi connectivity index (χ4n) is 5.05. The first kappa shape index (κ1) is 18.0. The van der Waals surface area contributed by atoms with E-state index in [2.05, 4.69) is 15.5 Å². The first-order chi connectivity index (χ1) is 11.7. The highest BCUT2D eigenvalue weighted by Gasteiger charge is 2.35. The predicted molar refractivity (Wildman–Crippen MR) is 95.9 cm³/mol. The SMILES string of the molecule is O=C(NCCN1CCC2(CCCCC2)CC1)N[C@H]1CCC[C@H]1CO. The quantitative estimate of drug-likeness (QED) is 0.722. The molecule has 2 atom stereocenters. The summed E-state index contributed by atoms with van der Waals surface area (Å²) in [5.41, 5.74) is 0.654. The minimum absolute atomic E-state index is 0.0684. The molecular formula is C19H35N3O2. The average molecular weight is 338 g/mol. The van der Waals surface area contributed by atoms with Gasteiger partial charge < -0.3 is 20.6 Å². The third-order valence-corrected chi connectivity index (χ3v) is 6.75. The number of rotatable bonds is 5. The average Bonchev–Trinajstić information content (AvgIpc) is 3.05. The topological polar surface area (TPSA) is 64.6 Å². The summed E-state index contributed by atoms with van der Waals surface area (Å²) in [4.78, 5) is 14.5. The van der Waals surface area contributed by atoms with Crippen molar-refractivity contribution in [3.8, 4) is 0 Å². The molecule has 138 valence electrons. The summed E-state index contributed by atoms with van der Waals surface area (Å²) in [5.74, 6) is 0.240. The van der Waals surface area contributed by atoms with Gasteiger partial charge in [-0.2, -0.15) is 0 Å². The van der Waals surface area contributed by atoms with Crippen LogP contribution >= 0.6 is 0 Å². The van der Waals surface area contributed by atoms with Crippen molar-refractivity contribution in [2.75, 3.05) is 32.8 Å². The molecule has 2 amide bonds. The van der Waals surface area contributed by atoms with Gasteiger partial charge in [-0.25, -0.2) is 4.79 Å². The Bertz CT molecular complexity index is 399. The summed E-state index contributed by atoms with van der Waals surface area (Å²) in [6.07, 6.45) is 13.0. The van der Waals surface area contributed by atoms with Gasteiger partial charge in [0.1, 0.15) is 0 Å². The Hall–Kier alpha value is -0.810. The molecule has 0 unspecified atom stereocenters. The molecule has 0 aromatic heterocycles. The van der Waals surface area contributed by atoms with Crippen molar-refractivity contribution in [2.24, 2.45) is 11.3 Å². The molecule has 0 bridgehead atoms. The molecule has 3 N–H and O–H groups in total. The second-order valence-corrected chi connectivity index (χ2v) is 8.28. The van der Waals surface area contributed by atoms with Crippen LogP contribution in [0.5, 0.6) is 0 Å². The summed E-state index contributed by atoms with van der Waals surface area (Å²) in [6.45, 7) is 4.24. The normalized spacial score (nSPS) is 30.4. The fourth-order valence-corrected chi connectivity index (χ4v) is 5.05. The molecule has 2 aliphatic carbocycles. The summed E-state index contributed by atoms with van der Waals surface area (Å²) in [5, 5.41) is 15.4. The number of likely N-dealkylation sites (tertiary alicyclic amines) is 1. The van der Waals surface area contributed by atoms with E-state index in [0.29, 0.717) is 5.41 Å². The van der Waals surface area contributed by atoms with Gasteiger partial charge in [0.2, 0.25) is 0 Å². The smallest absolute Gasteiger partial charge is 0.315 e. The maximum atomic E-state index is 12.0. The number of amides is 2. The van der Waals surface area contributed by atoms with Gasteiger partial charge in [0.05, 0.1) is 0 Å². The van der Waals surface area contributed by atoms with Crippen molar-refractivity contribution >= 4 is 6.03 Å². The predicted octanol–water partition coefficient (Wildman–Crippen LogP) is 2.49. The van der Waals surface area contributed by atoms with E-state index in [1.54, 1.807) is 0 Å². The van der Waals surface area contributed by atoms with Crippen LogP contribution in [0.2, 0.25) is 0 Å². The zero-order chi connectivity index (χ0) is 16.8. The number of hydrogen-bond acceptors (Lipinski definition) is 3. The van der Waals surface area contributed by atoms with E-state index < -0.39 is 0 Å². The van der Waals surface area contributed by atoms with Crippen LogP contribution in [-0.4, -0.2) is 54.9 Å². The number of nitrogens with one attached hydrogen (secondary N) is 2. The lowest BCUT2D eigenvalue weighted by atomic mass is 9.68.